The highest BCUT2D eigenvalue weighted by atomic mass is 32.2. The maximum atomic E-state index is 12.2. The smallest absolute Gasteiger partial charge is 0.262 e. The van der Waals surface area contributed by atoms with Gasteiger partial charge in [-0.15, -0.1) is 23.5 Å². The largest absolute Gasteiger partial charge is 0.484 e. The minimum atomic E-state index is -0.149. The Morgan fingerprint density at radius 1 is 0.900 bits per heavy atom. The number of thioether (sulfide) groups is 2. The van der Waals surface area contributed by atoms with Crippen molar-refractivity contribution in [2.75, 3.05) is 35.3 Å². The van der Waals surface area contributed by atoms with Gasteiger partial charge in [0, 0.05) is 17.9 Å². The fraction of sp³-hybridized carbons (Fsp3) is 0.458. The Kier molecular flexibility index (Phi) is 7.87. The molecule has 2 N–H and O–H groups in total. The molecule has 1 amide bonds. The lowest BCUT2D eigenvalue weighted by Gasteiger charge is -2.21. The molecule has 1 saturated heterocycles. The van der Waals surface area contributed by atoms with Gasteiger partial charge in [-0.1, -0.05) is 25.0 Å². The van der Waals surface area contributed by atoms with Crippen LogP contribution in [0.5, 0.6) is 5.75 Å². The van der Waals surface area contributed by atoms with E-state index in [0.29, 0.717) is 4.58 Å². The summed E-state index contributed by atoms with van der Waals surface area (Å²) in [7, 11) is 0. The molecule has 2 fully saturated rings. The van der Waals surface area contributed by atoms with Crippen molar-refractivity contribution < 1.29 is 9.53 Å². The Hall–Kier alpha value is -1.79. The maximum absolute atomic E-state index is 12.2. The van der Waals surface area contributed by atoms with Crippen molar-refractivity contribution in [3.8, 4) is 5.75 Å². The predicted molar refractivity (Wildman–Crippen MR) is 130 cm³/mol. The van der Waals surface area contributed by atoms with Gasteiger partial charge < -0.3 is 15.4 Å². The van der Waals surface area contributed by atoms with Crippen LogP contribution in [-0.4, -0.2) is 30.6 Å². The summed E-state index contributed by atoms with van der Waals surface area (Å²) in [5.41, 5.74) is 3.21. The zero-order chi connectivity index (χ0) is 20.6. The monoisotopic (exact) mass is 442 g/mol. The van der Waals surface area contributed by atoms with Crippen LogP contribution in [0.15, 0.2) is 48.5 Å². The van der Waals surface area contributed by atoms with Crippen LogP contribution in [0.3, 0.4) is 0 Å². The molecule has 30 heavy (non-hydrogen) atoms. The molecule has 4 rings (SSSR count). The number of anilines is 2. The first-order valence-electron chi connectivity index (χ1n) is 10.9. The second-order valence-corrected chi connectivity index (χ2v) is 10.7. The molecule has 1 saturated carbocycles. The number of carbonyl (C=O) groups excluding carboxylic acids is 1. The van der Waals surface area contributed by atoms with Crippen molar-refractivity contribution in [1.29, 1.82) is 0 Å². The van der Waals surface area contributed by atoms with Gasteiger partial charge >= 0.3 is 0 Å². The maximum Gasteiger partial charge on any atom is 0.262 e. The van der Waals surface area contributed by atoms with Crippen LogP contribution in [0.1, 0.15) is 42.2 Å². The summed E-state index contributed by atoms with van der Waals surface area (Å²) in [6.45, 7) is 1.05. The number of carbonyl (C=O) groups is 1. The number of rotatable bonds is 8. The molecule has 0 bridgehead atoms. The van der Waals surface area contributed by atoms with Crippen LogP contribution in [0, 0.1) is 5.92 Å². The number of hydrogen-bond donors (Lipinski definition) is 2. The van der Waals surface area contributed by atoms with E-state index in [0.717, 1.165) is 29.6 Å². The van der Waals surface area contributed by atoms with Crippen LogP contribution in [-0.2, 0) is 4.79 Å². The Morgan fingerprint density at radius 2 is 1.57 bits per heavy atom. The molecule has 2 aromatic carbocycles. The van der Waals surface area contributed by atoms with E-state index in [2.05, 4.69) is 22.8 Å². The van der Waals surface area contributed by atoms with Gasteiger partial charge in [0.1, 0.15) is 5.75 Å². The normalized spacial score (nSPS) is 17.6. The summed E-state index contributed by atoms with van der Waals surface area (Å²) in [6.07, 6.45) is 6.69. The Morgan fingerprint density at radius 3 is 2.27 bits per heavy atom. The standard InChI is InChI=1S/C24H30N2O2S2/c27-23(17-28-22-12-6-19(7-13-22)24-29-14-3-15-30-24)26-21-10-8-20(9-11-21)25-16-18-4-1-2-5-18/h6-13,18,24-25H,1-5,14-17H2,(H,26,27). The first kappa shape index (κ1) is 21.4. The second-order valence-electron chi connectivity index (χ2n) is 7.94. The molecule has 2 aliphatic rings. The third-order valence-corrected chi connectivity index (χ3v) is 8.60. The second kappa shape index (κ2) is 11.0. The minimum Gasteiger partial charge on any atom is -0.484 e. The van der Waals surface area contributed by atoms with Crippen LogP contribution >= 0.6 is 23.5 Å². The lowest BCUT2D eigenvalue weighted by atomic mass is 10.1. The van der Waals surface area contributed by atoms with E-state index in [9.17, 15) is 4.79 Å². The van der Waals surface area contributed by atoms with Crippen LogP contribution < -0.4 is 15.4 Å². The van der Waals surface area contributed by atoms with Crippen LogP contribution in [0.2, 0.25) is 0 Å². The summed E-state index contributed by atoms with van der Waals surface area (Å²) in [6, 6.07) is 16.1. The third kappa shape index (κ3) is 6.35. The fourth-order valence-corrected chi connectivity index (χ4v) is 6.79. The van der Waals surface area contributed by atoms with Crippen molar-refractivity contribution >= 4 is 40.8 Å². The van der Waals surface area contributed by atoms with Gasteiger partial charge in [0.25, 0.3) is 5.91 Å². The van der Waals surface area contributed by atoms with Crippen molar-refractivity contribution in [2.24, 2.45) is 5.92 Å². The molecule has 160 valence electrons. The summed E-state index contributed by atoms with van der Waals surface area (Å²) in [4.78, 5) is 12.2. The lowest BCUT2D eigenvalue weighted by molar-refractivity contribution is -0.118. The highest BCUT2D eigenvalue weighted by Crippen LogP contribution is 2.43. The van der Waals surface area contributed by atoms with E-state index in [-0.39, 0.29) is 12.5 Å². The highest BCUT2D eigenvalue weighted by Gasteiger charge is 2.16. The molecule has 0 radical (unpaired) electrons. The van der Waals surface area contributed by atoms with Gasteiger partial charge in [0.05, 0.1) is 4.58 Å². The van der Waals surface area contributed by atoms with Crippen molar-refractivity contribution in [3.63, 3.8) is 0 Å². The molecule has 2 aromatic rings. The molecular weight excluding hydrogens is 412 g/mol. The summed E-state index contributed by atoms with van der Waals surface area (Å²) < 4.78 is 6.18. The minimum absolute atomic E-state index is 0.00789. The molecule has 6 heteroatoms. The van der Waals surface area contributed by atoms with E-state index in [4.69, 9.17) is 4.74 Å². The van der Waals surface area contributed by atoms with E-state index < -0.39 is 0 Å². The lowest BCUT2D eigenvalue weighted by Crippen LogP contribution is -2.20. The molecule has 1 aliphatic carbocycles. The number of ether oxygens (including phenoxy) is 1. The first-order chi connectivity index (χ1) is 14.8. The predicted octanol–water partition coefficient (Wildman–Crippen LogP) is 6.17. The van der Waals surface area contributed by atoms with E-state index in [1.54, 1.807) is 0 Å². The molecular formula is C24H30N2O2S2. The average molecular weight is 443 g/mol. The van der Waals surface area contributed by atoms with Crippen molar-refractivity contribution in [1.82, 2.24) is 0 Å². The zero-order valence-electron chi connectivity index (χ0n) is 17.3. The summed E-state index contributed by atoms with van der Waals surface area (Å²) >= 11 is 4.01. The van der Waals surface area contributed by atoms with Gasteiger partial charge in [-0.3, -0.25) is 4.79 Å². The SMILES string of the molecule is O=C(COc1ccc(C2SCCCS2)cc1)Nc1ccc(NCC2CCCC2)cc1. The third-order valence-electron chi connectivity index (χ3n) is 5.59. The molecule has 4 nitrogen and oxygen atoms in total. The van der Waals surface area contributed by atoms with Gasteiger partial charge in [0.15, 0.2) is 6.61 Å². The van der Waals surface area contributed by atoms with Crippen LogP contribution in [0.4, 0.5) is 11.4 Å². The summed E-state index contributed by atoms with van der Waals surface area (Å²) in [5.74, 6) is 3.84. The van der Waals surface area contributed by atoms with E-state index in [1.165, 1.54) is 49.2 Å². The molecule has 1 heterocycles. The van der Waals surface area contributed by atoms with Gasteiger partial charge in [-0.2, -0.15) is 0 Å². The number of hydrogen-bond acceptors (Lipinski definition) is 5. The quantitative estimate of drug-likeness (QED) is 0.512. The Bertz CT molecular complexity index is 799. The molecule has 0 aromatic heterocycles. The summed E-state index contributed by atoms with van der Waals surface area (Å²) in [5, 5.41) is 6.40. The molecule has 0 spiro atoms. The van der Waals surface area contributed by atoms with Gasteiger partial charge in [-0.05, 0) is 78.6 Å². The van der Waals surface area contributed by atoms with E-state index >= 15 is 0 Å². The zero-order valence-corrected chi connectivity index (χ0v) is 18.9. The molecule has 0 atom stereocenters. The van der Waals surface area contributed by atoms with Gasteiger partial charge in [-0.25, -0.2) is 0 Å². The molecule has 0 unspecified atom stereocenters. The number of benzene rings is 2. The van der Waals surface area contributed by atoms with Crippen molar-refractivity contribution in [3.05, 3.63) is 54.1 Å². The average Bonchev–Trinajstić information content (AvgIpc) is 3.32. The van der Waals surface area contributed by atoms with Gasteiger partial charge in [0.2, 0.25) is 0 Å². The van der Waals surface area contributed by atoms with E-state index in [1.807, 2.05) is 59.9 Å². The number of nitrogens with one attached hydrogen (secondary N) is 2. The number of amides is 1. The molecule has 1 aliphatic heterocycles. The first-order valence-corrected chi connectivity index (χ1v) is 13.0. The highest BCUT2D eigenvalue weighted by molar-refractivity contribution is 8.16. The topological polar surface area (TPSA) is 50.4 Å². The van der Waals surface area contributed by atoms with Crippen LogP contribution in [0.25, 0.3) is 0 Å². The fourth-order valence-electron chi connectivity index (χ4n) is 3.90. The Labute approximate surface area is 187 Å². The Balaban J connectivity index is 1.19. The van der Waals surface area contributed by atoms with Crippen molar-refractivity contribution in [2.45, 2.75) is 36.7 Å².